The monoisotopic (exact) mass is 276 g/mol. The van der Waals surface area contributed by atoms with Crippen molar-refractivity contribution in [2.75, 3.05) is 14.1 Å². The van der Waals surface area contributed by atoms with E-state index in [0.717, 1.165) is 11.5 Å². The number of hydrogen-bond acceptors (Lipinski definition) is 2. The lowest BCUT2D eigenvalue weighted by molar-refractivity contribution is 0.0919. The minimum atomic E-state index is -0.237. The summed E-state index contributed by atoms with van der Waals surface area (Å²) in [7, 11) is 3.52. The maximum atomic E-state index is 12.1. The van der Waals surface area contributed by atoms with E-state index in [1.165, 1.54) is 0 Å². The Bertz CT molecular complexity index is 489. The normalized spacial score (nSPS) is 11.9. The van der Waals surface area contributed by atoms with Crippen LogP contribution in [0.15, 0.2) is 29.3 Å². The predicted octanol–water partition coefficient (Wildman–Crippen LogP) is 1.51. The molecular formula is C15H24N4O. The second kappa shape index (κ2) is 6.93. The van der Waals surface area contributed by atoms with Crippen LogP contribution in [-0.2, 0) is 6.54 Å². The van der Waals surface area contributed by atoms with Gasteiger partial charge in [0.05, 0.1) is 0 Å². The van der Waals surface area contributed by atoms with Crippen molar-refractivity contribution in [2.45, 2.75) is 32.9 Å². The summed E-state index contributed by atoms with van der Waals surface area (Å²) in [6.07, 6.45) is 0. The maximum Gasteiger partial charge on any atom is 0.251 e. The Morgan fingerprint density at radius 3 is 2.55 bits per heavy atom. The summed E-state index contributed by atoms with van der Waals surface area (Å²) >= 11 is 0. The molecule has 3 N–H and O–H groups in total. The van der Waals surface area contributed by atoms with Crippen molar-refractivity contribution in [1.82, 2.24) is 16.0 Å². The van der Waals surface area contributed by atoms with E-state index >= 15 is 0 Å². The molecule has 5 heteroatoms. The third-order valence-electron chi connectivity index (χ3n) is 2.60. The van der Waals surface area contributed by atoms with Crippen LogP contribution in [0.3, 0.4) is 0 Å². The highest BCUT2D eigenvalue weighted by atomic mass is 16.1. The molecule has 0 fully saturated rings. The van der Waals surface area contributed by atoms with Crippen LogP contribution in [0.5, 0.6) is 0 Å². The number of carbonyl (C=O) groups is 1. The van der Waals surface area contributed by atoms with E-state index in [9.17, 15) is 4.79 Å². The molecule has 0 aliphatic carbocycles. The van der Waals surface area contributed by atoms with Crippen LogP contribution in [0.4, 0.5) is 0 Å². The summed E-state index contributed by atoms with van der Waals surface area (Å²) in [4.78, 5) is 16.1. The topological polar surface area (TPSA) is 65.5 Å². The van der Waals surface area contributed by atoms with E-state index in [1.807, 2.05) is 52.1 Å². The molecule has 0 unspecified atom stereocenters. The molecule has 0 heterocycles. The van der Waals surface area contributed by atoms with Crippen molar-refractivity contribution in [3.8, 4) is 0 Å². The van der Waals surface area contributed by atoms with E-state index in [-0.39, 0.29) is 11.4 Å². The summed E-state index contributed by atoms with van der Waals surface area (Å²) in [5, 5.41) is 9.06. The van der Waals surface area contributed by atoms with Crippen LogP contribution in [0.2, 0.25) is 0 Å². The van der Waals surface area contributed by atoms with Gasteiger partial charge in [-0.15, -0.1) is 0 Å². The van der Waals surface area contributed by atoms with Gasteiger partial charge >= 0.3 is 0 Å². The van der Waals surface area contributed by atoms with Gasteiger partial charge in [-0.25, -0.2) is 0 Å². The fraction of sp³-hybridized carbons (Fsp3) is 0.467. The highest BCUT2D eigenvalue weighted by Gasteiger charge is 2.15. The number of guanidine groups is 1. The van der Waals surface area contributed by atoms with Gasteiger partial charge in [0.1, 0.15) is 0 Å². The van der Waals surface area contributed by atoms with Gasteiger partial charge in [0.2, 0.25) is 0 Å². The van der Waals surface area contributed by atoms with Crippen LogP contribution in [0.25, 0.3) is 0 Å². The first-order chi connectivity index (χ1) is 9.35. The Morgan fingerprint density at radius 2 is 2.00 bits per heavy atom. The number of hydrogen-bond donors (Lipinski definition) is 3. The quantitative estimate of drug-likeness (QED) is 0.579. The van der Waals surface area contributed by atoms with Gasteiger partial charge in [-0.05, 0) is 38.5 Å². The van der Waals surface area contributed by atoms with E-state index in [4.69, 9.17) is 0 Å². The number of nitrogens with zero attached hydrogens (tertiary/aromatic N) is 1. The van der Waals surface area contributed by atoms with Crippen LogP contribution in [0, 0.1) is 0 Å². The van der Waals surface area contributed by atoms with Crippen LogP contribution < -0.4 is 16.0 Å². The number of benzene rings is 1. The maximum absolute atomic E-state index is 12.1. The van der Waals surface area contributed by atoms with E-state index in [2.05, 4.69) is 20.9 Å². The fourth-order valence-electron chi connectivity index (χ4n) is 1.70. The summed E-state index contributed by atoms with van der Waals surface area (Å²) in [6, 6.07) is 7.56. The van der Waals surface area contributed by atoms with Crippen LogP contribution in [0.1, 0.15) is 36.7 Å². The second-order valence-corrected chi connectivity index (χ2v) is 5.58. The molecule has 0 atom stereocenters. The third-order valence-corrected chi connectivity index (χ3v) is 2.60. The van der Waals surface area contributed by atoms with E-state index < -0.39 is 0 Å². The summed E-state index contributed by atoms with van der Waals surface area (Å²) in [5.41, 5.74) is 1.46. The first kappa shape index (κ1) is 16.0. The number of carbonyl (C=O) groups excluding carboxylic acids is 1. The molecule has 0 spiro atoms. The Balaban J connectivity index is 2.73. The molecule has 0 aromatic heterocycles. The average molecular weight is 276 g/mol. The zero-order valence-electron chi connectivity index (χ0n) is 12.9. The Hall–Kier alpha value is -2.04. The fourth-order valence-corrected chi connectivity index (χ4v) is 1.70. The van der Waals surface area contributed by atoms with Gasteiger partial charge in [0.15, 0.2) is 5.96 Å². The van der Waals surface area contributed by atoms with Gasteiger partial charge < -0.3 is 16.0 Å². The molecule has 0 saturated carbocycles. The Labute approximate surface area is 120 Å². The summed E-state index contributed by atoms with van der Waals surface area (Å²) in [6.45, 7) is 6.51. The molecule has 0 radical (unpaired) electrons. The first-order valence-electron chi connectivity index (χ1n) is 6.65. The zero-order valence-corrected chi connectivity index (χ0v) is 12.9. The Kier molecular flexibility index (Phi) is 5.55. The Morgan fingerprint density at radius 1 is 1.30 bits per heavy atom. The van der Waals surface area contributed by atoms with Crippen molar-refractivity contribution in [1.29, 1.82) is 0 Å². The van der Waals surface area contributed by atoms with Crippen LogP contribution in [-0.4, -0.2) is 31.5 Å². The molecule has 110 valence electrons. The lowest BCUT2D eigenvalue weighted by Gasteiger charge is -2.20. The SMILES string of the molecule is CN=C(NC)NCc1cccc(C(=O)NC(C)(C)C)c1. The molecule has 1 aromatic carbocycles. The third kappa shape index (κ3) is 5.30. The second-order valence-electron chi connectivity index (χ2n) is 5.58. The molecule has 1 rings (SSSR count). The molecule has 0 aliphatic heterocycles. The lowest BCUT2D eigenvalue weighted by atomic mass is 10.1. The van der Waals surface area contributed by atoms with Crippen molar-refractivity contribution < 1.29 is 4.79 Å². The number of aliphatic imine (C=N–C) groups is 1. The molecule has 0 bridgehead atoms. The largest absolute Gasteiger partial charge is 0.359 e. The number of amides is 1. The molecule has 1 aromatic rings. The van der Waals surface area contributed by atoms with Crippen molar-refractivity contribution >= 4 is 11.9 Å². The van der Waals surface area contributed by atoms with Gasteiger partial charge in [-0.2, -0.15) is 0 Å². The minimum Gasteiger partial charge on any atom is -0.359 e. The molecule has 0 saturated heterocycles. The van der Waals surface area contributed by atoms with E-state index in [0.29, 0.717) is 12.1 Å². The molecule has 20 heavy (non-hydrogen) atoms. The molecular weight excluding hydrogens is 252 g/mol. The smallest absolute Gasteiger partial charge is 0.251 e. The van der Waals surface area contributed by atoms with Crippen molar-refractivity contribution in [2.24, 2.45) is 4.99 Å². The number of nitrogens with one attached hydrogen (secondary N) is 3. The van der Waals surface area contributed by atoms with Crippen LogP contribution >= 0.6 is 0 Å². The van der Waals surface area contributed by atoms with E-state index in [1.54, 1.807) is 7.05 Å². The van der Waals surface area contributed by atoms with Gasteiger partial charge in [0, 0.05) is 31.7 Å². The number of rotatable bonds is 3. The average Bonchev–Trinajstić information content (AvgIpc) is 2.38. The predicted molar refractivity (Wildman–Crippen MR) is 82.9 cm³/mol. The molecule has 1 amide bonds. The van der Waals surface area contributed by atoms with Gasteiger partial charge in [-0.1, -0.05) is 12.1 Å². The molecule has 5 nitrogen and oxygen atoms in total. The van der Waals surface area contributed by atoms with Crippen molar-refractivity contribution in [3.05, 3.63) is 35.4 Å². The standard InChI is InChI=1S/C15H24N4O/c1-15(2,3)19-13(20)12-8-6-7-11(9-12)10-18-14(16-4)17-5/h6-9H,10H2,1-5H3,(H,19,20)(H2,16,17,18). The van der Waals surface area contributed by atoms with Gasteiger partial charge in [0.25, 0.3) is 5.91 Å². The summed E-state index contributed by atoms with van der Waals surface area (Å²) in [5.74, 6) is 0.659. The minimum absolute atomic E-state index is 0.0580. The zero-order chi connectivity index (χ0) is 15.2. The van der Waals surface area contributed by atoms with Crippen molar-refractivity contribution in [3.63, 3.8) is 0 Å². The summed E-state index contributed by atoms with van der Waals surface area (Å²) < 4.78 is 0. The highest BCUT2D eigenvalue weighted by molar-refractivity contribution is 5.94. The molecule has 0 aliphatic rings. The highest BCUT2D eigenvalue weighted by Crippen LogP contribution is 2.08. The lowest BCUT2D eigenvalue weighted by Crippen LogP contribution is -2.40. The van der Waals surface area contributed by atoms with Gasteiger partial charge in [-0.3, -0.25) is 9.79 Å². The first-order valence-corrected chi connectivity index (χ1v) is 6.65.